The van der Waals surface area contributed by atoms with Crippen LogP contribution in [-0.4, -0.2) is 18.3 Å². The smallest absolute Gasteiger partial charge is 0.403 e. The number of benzene rings is 1. The van der Waals surface area contributed by atoms with E-state index >= 15 is 0 Å². The molecule has 3 fully saturated rings. The van der Waals surface area contributed by atoms with Crippen LogP contribution in [-0.2, 0) is 9.31 Å². The van der Waals surface area contributed by atoms with Gasteiger partial charge in [0, 0.05) is 5.82 Å². The zero-order valence-corrected chi connectivity index (χ0v) is 14.4. The number of nitriles is 1. The van der Waals surface area contributed by atoms with E-state index in [4.69, 9.17) is 9.31 Å². The fourth-order valence-corrected chi connectivity index (χ4v) is 3.61. The normalized spacial score (nSPS) is 31.0. The van der Waals surface area contributed by atoms with Crippen LogP contribution in [0.4, 0.5) is 0 Å². The first kappa shape index (κ1) is 15.2. The molecule has 23 heavy (non-hydrogen) atoms. The van der Waals surface area contributed by atoms with Crippen LogP contribution in [0.25, 0.3) is 0 Å². The lowest BCUT2D eigenvalue weighted by Crippen LogP contribution is -2.41. The van der Waals surface area contributed by atoms with Crippen molar-refractivity contribution in [3.05, 3.63) is 34.9 Å². The van der Waals surface area contributed by atoms with Gasteiger partial charge in [-0.1, -0.05) is 12.1 Å². The fraction of sp³-hybridized carbons (Fsp3) is 0.632. The molecule has 0 aromatic heterocycles. The monoisotopic (exact) mass is 309 g/mol. The Morgan fingerprint density at radius 1 is 1.13 bits per heavy atom. The maximum Gasteiger partial charge on any atom is 0.461 e. The van der Waals surface area contributed by atoms with Crippen LogP contribution in [0, 0.1) is 11.3 Å². The molecule has 1 aromatic rings. The Hall–Kier alpha value is -1.31. The van der Waals surface area contributed by atoms with E-state index in [1.165, 1.54) is 24.0 Å². The molecule has 1 aromatic carbocycles. The van der Waals surface area contributed by atoms with Gasteiger partial charge in [0.2, 0.25) is 0 Å². The molecule has 4 heteroatoms. The van der Waals surface area contributed by atoms with E-state index < -0.39 is 0 Å². The Morgan fingerprint density at radius 3 is 2.35 bits per heavy atom. The molecule has 1 aliphatic heterocycles. The van der Waals surface area contributed by atoms with Gasteiger partial charge < -0.3 is 9.31 Å². The highest BCUT2D eigenvalue weighted by atomic mass is 16.7. The van der Waals surface area contributed by atoms with Gasteiger partial charge in [0.05, 0.1) is 22.8 Å². The summed E-state index contributed by atoms with van der Waals surface area (Å²) in [7, 11) is -0.106. The van der Waals surface area contributed by atoms with Crippen molar-refractivity contribution >= 4 is 7.12 Å². The quantitative estimate of drug-likeness (QED) is 0.778. The molecule has 0 bridgehead atoms. The topological polar surface area (TPSA) is 42.2 Å². The molecular formula is C19H24BNO2. The van der Waals surface area contributed by atoms with Crippen molar-refractivity contribution in [2.24, 2.45) is 0 Å². The Labute approximate surface area is 139 Å². The third kappa shape index (κ3) is 2.51. The highest BCUT2D eigenvalue weighted by Gasteiger charge is 2.59. The second kappa shape index (κ2) is 4.85. The minimum absolute atomic E-state index is 0.106. The van der Waals surface area contributed by atoms with Gasteiger partial charge >= 0.3 is 7.12 Å². The number of rotatable bonds is 3. The molecule has 2 atom stereocenters. The van der Waals surface area contributed by atoms with Crippen LogP contribution in [0.3, 0.4) is 0 Å². The third-order valence-electron chi connectivity index (χ3n) is 6.10. The van der Waals surface area contributed by atoms with Crippen molar-refractivity contribution in [1.82, 2.24) is 0 Å². The Balaban J connectivity index is 1.52. The molecule has 0 N–H and O–H groups in total. The molecule has 0 spiro atoms. The average Bonchev–Trinajstić information content (AvgIpc) is 3.37. The maximum absolute atomic E-state index is 9.29. The van der Waals surface area contributed by atoms with Gasteiger partial charge in [-0.2, -0.15) is 5.26 Å². The minimum atomic E-state index is -0.255. The first-order chi connectivity index (χ1) is 10.8. The first-order valence-electron chi connectivity index (χ1n) is 8.72. The summed E-state index contributed by atoms with van der Waals surface area (Å²) in [5, 5.41) is 9.29. The second-order valence-corrected chi connectivity index (χ2v) is 8.36. The lowest BCUT2D eigenvalue weighted by molar-refractivity contribution is 0.00578. The van der Waals surface area contributed by atoms with E-state index in [-0.39, 0.29) is 18.3 Å². The van der Waals surface area contributed by atoms with E-state index in [2.05, 4.69) is 45.9 Å². The SMILES string of the molecule is CC1(C)OB([C@H]2C[C@@H]2c2ccc(C#N)c(C3CC3)c2)OC1(C)C. The highest BCUT2D eigenvalue weighted by molar-refractivity contribution is 6.49. The predicted octanol–water partition coefficient (Wildman–Crippen LogP) is 4.39. The van der Waals surface area contributed by atoms with Gasteiger partial charge in [0.25, 0.3) is 0 Å². The van der Waals surface area contributed by atoms with E-state index in [1.54, 1.807) is 0 Å². The molecule has 2 aliphatic carbocycles. The van der Waals surface area contributed by atoms with Crippen molar-refractivity contribution < 1.29 is 9.31 Å². The van der Waals surface area contributed by atoms with E-state index in [9.17, 15) is 5.26 Å². The molecule has 1 heterocycles. The summed E-state index contributed by atoms with van der Waals surface area (Å²) in [5.74, 6) is 1.56. The number of nitrogens with zero attached hydrogens (tertiary/aromatic N) is 1. The molecule has 120 valence electrons. The van der Waals surface area contributed by atoms with Crippen LogP contribution in [0.2, 0.25) is 5.82 Å². The van der Waals surface area contributed by atoms with Gasteiger partial charge in [0.15, 0.2) is 0 Å². The van der Waals surface area contributed by atoms with Crippen molar-refractivity contribution in [3.63, 3.8) is 0 Å². The van der Waals surface area contributed by atoms with Gasteiger partial charge in [-0.25, -0.2) is 0 Å². The van der Waals surface area contributed by atoms with E-state index in [0.29, 0.717) is 17.7 Å². The zero-order chi connectivity index (χ0) is 16.4. The van der Waals surface area contributed by atoms with Crippen LogP contribution in [0.15, 0.2) is 18.2 Å². The van der Waals surface area contributed by atoms with Crippen molar-refractivity contribution in [1.29, 1.82) is 5.26 Å². The van der Waals surface area contributed by atoms with Crippen molar-refractivity contribution in [2.75, 3.05) is 0 Å². The van der Waals surface area contributed by atoms with Gasteiger partial charge in [-0.3, -0.25) is 0 Å². The molecule has 3 nitrogen and oxygen atoms in total. The summed E-state index contributed by atoms with van der Waals surface area (Å²) in [4.78, 5) is 0. The summed E-state index contributed by atoms with van der Waals surface area (Å²) in [6, 6.07) is 8.74. The fourth-order valence-electron chi connectivity index (χ4n) is 3.61. The summed E-state index contributed by atoms with van der Waals surface area (Å²) in [6.07, 6.45) is 3.57. The third-order valence-corrected chi connectivity index (χ3v) is 6.10. The Morgan fingerprint density at radius 2 is 1.78 bits per heavy atom. The number of hydrogen-bond acceptors (Lipinski definition) is 3. The largest absolute Gasteiger partial charge is 0.461 e. The summed E-state index contributed by atoms with van der Waals surface area (Å²) < 4.78 is 12.4. The summed E-state index contributed by atoms with van der Waals surface area (Å²) in [6.45, 7) is 8.43. The van der Waals surface area contributed by atoms with Gasteiger partial charge in [-0.05, 0) is 76.0 Å². The molecule has 0 amide bonds. The lowest BCUT2D eigenvalue weighted by atomic mass is 9.79. The first-order valence-corrected chi connectivity index (χ1v) is 8.72. The van der Waals surface area contributed by atoms with E-state index in [1.807, 2.05) is 6.07 Å². The minimum Gasteiger partial charge on any atom is -0.403 e. The molecule has 1 saturated heterocycles. The Kier molecular flexibility index (Phi) is 3.21. The van der Waals surface area contributed by atoms with Crippen LogP contribution in [0.1, 0.15) is 75.5 Å². The predicted molar refractivity (Wildman–Crippen MR) is 90.3 cm³/mol. The highest BCUT2D eigenvalue weighted by Crippen LogP contribution is 2.59. The lowest BCUT2D eigenvalue weighted by Gasteiger charge is -2.32. The average molecular weight is 309 g/mol. The van der Waals surface area contributed by atoms with Crippen LogP contribution >= 0.6 is 0 Å². The van der Waals surface area contributed by atoms with E-state index in [0.717, 1.165) is 12.0 Å². The standard InChI is InChI=1S/C19H24BNO2/c1-18(2)19(3,4)23-20(22-18)17-10-16(17)13-7-8-14(11-21)15(9-13)12-5-6-12/h7-9,12,16-17H,5-6,10H2,1-4H3/t16-,17+/m1/s1. The van der Waals surface area contributed by atoms with Crippen LogP contribution < -0.4 is 0 Å². The van der Waals surface area contributed by atoms with Crippen molar-refractivity contribution in [3.8, 4) is 6.07 Å². The van der Waals surface area contributed by atoms with Gasteiger partial charge in [0.1, 0.15) is 0 Å². The summed E-state index contributed by atoms with van der Waals surface area (Å²) in [5.41, 5.74) is 2.95. The Bertz CT molecular complexity index is 671. The van der Waals surface area contributed by atoms with Gasteiger partial charge in [-0.15, -0.1) is 0 Å². The molecule has 3 aliphatic rings. The summed E-state index contributed by atoms with van der Waals surface area (Å²) >= 11 is 0. The molecule has 2 saturated carbocycles. The second-order valence-electron chi connectivity index (χ2n) is 8.36. The molecule has 4 rings (SSSR count). The molecule has 0 unspecified atom stereocenters. The van der Waals surface area contributed by atoms with Crippen LogP contribution in [0.5, 0.6) is 0 Å². The maximum atomic E-state index is 9.29. The molecular weight excluding hydrogens is 285 g/mol. The van der Waals surface area contributed by atoms with Crippen molar-refractivity contribution in [2.45, 2.75) is 75.8 Å². The zero-order valence-electron chi connectivity index (χ0n) is 14.4. The molecule has 0 radical (unpaired) electrons. The number of hydrogen-bond donors (Lipinski definition) is 0.